The van der Waals surface area contributed by atoms with Gasteiger partial charge in [-0.05, 0) is 30.5 Å². The highest BCUT2D eigenvalue weighted by molar-refractivity contribution is 5.99. The Morgan fingerprint density at radius 1 is 0.851 bits per heavy atom. The quantitative estimate of drug-likeness (QED) is 0.161. The van der Waals surface area contributed by atoms with Crippen molar-refractivity contribution in [3.63, 3.8) is 0 Å². The predicted molar refractivity (Wildman–Crippen MR) is 185 cm³/mol. The number of piperazine rings is 1. The largest absolute Gasteiger partial charge is 0.466 e. The number of esters is 2. The minimum Gasteiger partial charge on any atom is -0.466 e. The van der Waals surface area contributed by atoms with Crippen molar-refractivity contribution in [1.29, 1.82) is 0 Å². The number of halogens is 2. The number of nitrogens with one attached hydrogen (secondary N) is 1. The molecule has 2 aliphatic rings. The van der Waals surface area contributed by atoms with Gasteiger partial charge in [-0.3, -0.25) is 19.9 Å². The number of ether oxygens (including phenoxy) is 2. The van der Waals surface area contributed by atoms with E-state index >= 15 is 0 Å². The van der Waals surface area contributed by atoms with E-state index in [1.807, 2.05) is 12.1 Å². The molecular weight excluding hydrogens is 643 g/mol. The Hall–Kier alpha value is -4.22. The van der Waals surface area contributed by atoms with E-state index in [9.17, 15) is 19.7 Å². The number of allylic oxidation sites excluding steroid dienone is 2. The van der Waals surface area contributed by atoms with Gasteiger partial charge in [0.2, 0.25) is 0 Å². The number of nitro benzene ring substituents is 1. The highest BCUT2D eigenvalue weighted by Crippen LogP contribution is 2.40. The van der Waals surface area contributed by atoms with Gasteiger partial charge in [0.1, 0.15) is 6.61 Å². The zero-order chi connectivity index (χ0) is 31.9. The van der Waals surface area contributed by atoms with Crippen LogP contribution < -0.4 is 5.32 Å². The molecule has 0 aromatic heterocycles. The smallest absolute Gasteiger partial charge is 0.336 e. The number of hydrogen-bond acceptors (Lipinski definition) is 9. The van der Waals surface area contributed by atoms with Crippen LogP contribution >= 0.6 is 24.8 Å². The van der Waals surface area contributed by atoms with E-state index in [0.29, 0.717) is 23.5 Å². The Balaban J connectivity index is 0.00000300. The summed E-state index contributed by atoms with van der Waals surface area (Å²) in [5.74, 6) is -2.10. The van der Waals surface area contributed by atoms with Gasteiger partial charge >= 0.3 is 11.9 Å². The molecule has 3 aromatic carbocycles. The molecule has 47 heavy (non-hydrogen) atoms. The fourth-order valence-electron chi connectivity index (χ4n) is 6.27. The van der Waals surface area contributed by atoms with Crippen LogP contribution in [0.4, 0.5) is 5.69 Å². The summed E-state index contributed by atoms with van der Waals surface area (Å²) in [7, 11) is 1.26. The molecule has 3 aromatic rings. The monoisotopic (exact) mass is 682 g/mol. The molecule has 0 spiro atoms. The first-order chi connectivity index (χ1) is 21.8. The number of nitrogens with zero attached hydrogens (tertiary/aromatic N) is 3. The number of dihydropyridines is 1. The number of rotatable bonds is 10. The fraction of sp³-hybridized carbons (Fsp3) is 0.314. The highest BCUT2D eigenvalue weighted by Gasteiger charge is 2.38. The first-order valence-electron chi connectivity index (χ1n) is 15.0. The summed E-state index contributed by atoms with van der Waals surface area (Å²) in [5.41, 5.74) is 4.25. The van der Waals surface area contributed by atoms with Crippen molar-refractivity contribution < 1.29 is 24.0 Å². The molecule has 0 radical (unpaired) electrons. The van der Waals surface area contributed by atoms with Gasteiger partial charge < -0.3 is 14.8 Å². The standard InChI is InChI=1S/C35H38N4O6.2ClH/c1-24-30(34(40)44-3)32(28-15-10-16-29(23-28)39(42)43)31(25(2)36-24)35(41)45-22-21-37-17-19-38(20-18-37)33(26-11-6-4-7-12-26)27-13-8-5-9-14-27;;/h4-16,23,32-33,36H,17-22H2,1-3H3;2*1H/t32-;;/m1../s1. The maximum atomic E-state index is 13.6. The number of benzene rings is 3. The van der Waals surface area contributed by atoms with E-state index in [4.69, 9.17) is 9.47 Å². The average molecular weight is 684 g/mol. The second-order valence-electron chi connectivity index (χ2n) is 11.2. The lowest BCUT2D eigenvalue weighted by Gasteiger charge is -2.39. The van der Waals surface area contributed by atoms with E-state index in [1.54, 1.807) is 19.9 Å². The zero-order valence-electron chi connectivity index (χ0n) is 26.6. The van der Waals surface area contributed by atoms with E-state index in [1.165, 1.54) is 36.4 Å². The SMILES string of the molecule is COC(=O)C1=C(C)NC(C)=C(C(=O)OCCN2CCN(C(c3ccccc3)c3ccccc3)CC2)[C@@H]1c1cccc([N+](=O)[O-])c1.Cl.Cl. The highest BCUT2D eigenvalue weighted by atomic mass is 35.5. The number of carbonyl (C=O) groups is 2. The Bertz CT molecular complexity index is 1570. The van der Waals surface area contributed by atoms with Crippen LogP contribution in [0.15, 0.2) is 107 Å². The minimum atomic E-state index is -0.887. The van der Waals surface area contributed by atoms with Gasteiger partial charge in [-0.25, -0.2) is 9.59 Å². The predicted octanol–water partition coefficient (Wildman–Crippen LogP) is 5.80. The van der Waals surface area contributed by atoms with Crippen LogP contribution in [0.5, 0.6) is 0 Å². The third-order valence-electron chi connectivity index (χ3n) is 8.44. The van der Waals surface area contributed by atoms with Crippen LogP contribution in [0.25, 0.3) is 0 Å². The Labute approximate surface area is 287 Å². The maximum absolute atomic E-state index is 13.6. The molecule has 10 nitrogen and oxygen atoms in total. The lowest BCUT2D eigenvalue weighted by atomic mass is 9.80. The van der Waals surface area contributed by atoms with Crippen molar-refractivity contribution in [3.05, 3.63) is 134 Å². The average Bonchev–Trinajstić information content (AvgIpc) is 3.06. The van der Waals surface area contributed by atoms with E-state index in [-0.39, 0.29) is 54.3 Å². The van der Waals surface area contributed by atoms with E-state index in [2.05, 4.69) is 63.6 Å². The van der Waals surface area contributed by atoms with E-state index < -0.39 is 22.8 Å². The summed E-state index contributed by atoms with van der Waals surface area (Å²) in [6.45, 7) is 7.52. The van der Waals surface area contributed by atoms with Gasteiger partial charge in [0.15, 0.2) is 0 Å². The topological polar surface area (TPSA) is 114 Å². The molecule has 250 valence electrons. The molecule has 1 N–H and O–H groups in total. The third kappa shape index (κ3) is 8.58. The summed E-state index contributed by atoms with van der Waals surface area (Å²) in [5, 5.41) is 14.6. The van der Waals surface area contributed by atoms with Crippen LogP contribution in [0, 0.1) is 10.1 Å². The van der Waals surface area contributed by atoms with Gasteiger partial charge in [-0.15, -0.1) is 24.8 Å². The molecule has 12 heteroatoms. The molecule has 1 atom stereocenters. The van der Waals surface area contributed by atoms with Gasteiger partial charge in [0, 0.05) is 56.3 Å². The summed E-state index contributed by atoms with van der Waals surface area (Å²) < 4.78 is 10.8. The van der Waals surface area contributed by atoms with Crippen molar-refractivity contribution in [2.45, 2.75) is 25.8 Å². The summed E-state index contributed by atoms with van der Waals surface area (Å²) in [4.78, 5) is 42.3. The van der Waals surface area contributed by atoms with Crippen LogP contribution in [0.2, 0.25) is 0 Å². The van der Waals surface area contributed by atoms with Crippen molar-refractivity contribution in [2.24, 2.45) is 0 Å². The summed E-state index contributed by atoms with van der Waals surface area (Å²) in [6, 6.07) is 27.2. The Morgan fingerprint density at radius 3 is 1.94 bits per heavy atom. The first-order valence-corrected chi connectivity index (χ1v) is 15.0. The zero-order valence-corrected chi connectivity index (χ0v) is 28.2. The first kappa shape index (κ1) is 37.2. The lowest BCUT2D eigenvalue weighted by Crippen LogP contribution is -2.48. The molecule has 1 saturated heterocycles. The van der Waals surface area contributed by atoms with E-state index in [0.717, 1.165) is 26.2 Å². The van der Waals surface area contributed by atoms with Crippen molar-refractivity contribution in [2.75, 3.05) is 46.4 Å². The Kier molecular flexibility index (Phi) is 13.5. The summed E-state index contributed by atoms with van der Waals surface area (Å²) >= 11 is 0. The molecule has 0 saturated carbocycles. The normalized spacial score (nSPS) is 16.9. The number of hydrogen-bond donors (Lipinski definition) is 1. The number of methoxy groups -OCH3 is 1. The van der Waals surface area contributed by atoms with Gasteiger partial charge in [0.05, 0.1) is 35.1 Å². The van der Waals surface area contributed by atoms with Gasteiger partial charge in [-0.2, -0.15) is 0 Å². The molecule has 1 fully saturated rings. The molecule has 0 unspecified atom stereocenters. The number of carbonyl (C=O) groups excluding carboxylic acids is 2. The second kappa shape index (κ2) is 17.1. The Morgan fingerprint density at radius 2 is 1.40 bits per heavy atom. The van der Waals surface area contributed by atoms with Crippen LogP contribution in [0.3, 0.4) is 0 Å². The van der Waals surface area contributed by atoms with Crippen LogP contribution in [-0.2, 0) is 19.1 Å². The van der Waals surface area contributed by atoms with Crippen molar-refractivity contribution in [3.8, 4) is 0 Å². The van der Waals surface area contributed by atoms with Gasteiger partial charge in [-0.1, -0.05) is 72.8 Å². The number of nitro groups is 1. The minimum absolute atomic E-state index is 0. The molecule has 0 amide bonds. The molecule has 2 aliphatic heterocycles. The lowest BCUT2D eigenvalue weighted by molar-refractivity contribution is -0.384. The molecular formula is C35H40Cl2N4O6. The fourth-order valence-corrected chi connectivity index (χ4v) is 6.27. The molecule has 0 bridgehead atoms. The van der Waals surface area contributed by atoms with Crippen molar-refractivity contribution >= 4 is 42.4 Å². The second-order valence-corrected chi connectivity index (χ2v) is 11.2. The molecule has 5 rings (SSSR count). The van der Waals surface area contributed by atoms with Crippen LogP contribution in [0.1, 0.15) is 42.5 Å². The summed E-state index contributed by atoms with van der Waals surface area (Å²) in [6.07, 6.45) is 0. The van der Waals surface area contributed by atoms with Gasteiger partial charge in [0.25, 0.3) is 5.69 Å². The molecule has 0 aliphatic carbocycles. The number of non-ortho nitro benzene ring substituents is 1. The van der Waals surface area contributed by atoms with Crippen molar-refractivity contribution in [1.82, 2.24) is 15.1 Å². The van der Waals surface area contributed by atoms with Crippen LogP contribution in [-0.4, -0.2) is 73.1 Å². The third-order valence-corrected chi connectivity index (χ3v) is 8.44. The molecule has 2 heterocycles. The maximum Gasteiger partial charge on any atom is 0.336 e.